The van der Waals surface area contributed by atoms with Crippen molar-refractivity contribution in [3.63, 3.8) is 0 Å². The number of benzene rings is 3. The van der Waals surface area contributed by atoms with E-state index in [0.29, 0.717) is 13.1 Å². The summed E-state index contributed by atoms with van der Waals surface area (Å²) in [6.07, 6.45) is 0. The predicted octanol–water partition coefficient (Wildman–Crippen LogP) is 4.56. The van der Waals surface area contributed by atoms with E-state index >= 15 is 0 Å². The average Bonchev–Trinajstić information content (AvgIpc) is 2.56. The minimum atomic E-state index is -0.0418. The number of halogens is 1. The fraction of sp³-hybridized carbons (Fsp3) is 0.150. The van der Waals surface area contributed by atoms with Crippen LogP contribution in [0.25, 0.3) is 10.8 Å². The van der Waals surface area contributed by atoms with Crippen LogP contribution in [0.4, 0.5) is 5.69 Å². The summed E-state index contributed by atoms with van der Waals surface area (Å²) >= 11 is 6.16. The highest BCUT2D eigenvalue weighted by Crippen LogP contribution is 2.19. The van der Waals surface area contributed by atoms with E-state index in [4.69, 9.17) is 11.6 Å². The number of amides is 1. The highest BCUT2D eigenvalue weighted by molar-refractivity contribution is 6.31. The highest BCUT2D eigenvalue weighted by Gasteiger charge is 2.09. The minimum Gasteiger partial charge on any atom is -0.325 e. The first-order valence-corrected chi connectivity index (χ1v) is 8.20. The Balaban J connectivity index is 1.61. The van der Waals surface area contributed by atoms with Crippen molar-refractivity contribution in [2.75, 3.05) is 18.9 Å². The molecule has 0 heterocycles. The molecule has 24 heavy (non-hydrogen) atoms. The van der Waals surface area contributed by atoms with Gasteiger partial charge in [0.05, 0.1) is 6.54 Å². The third-order valence-electron chi connectivity index (χ3n) is 3.84. The van der Waals surface area contributed by atoms with Crippen molar-refractivity contribution in [1.82, 2.24) is 4.90 Å². The van der Waals surface area contributed by atoms with Gasteiger partial charge in [-0.15, -0.1) is 0 Å². The third kappa shape index (κ3) is 4.13. The number of fused-ring (bicyclic) bond motifs is 1. The summed E-state index contributed by atoms with van der Waals surface area (Å²) in [5, 5.41) is 5.94. The summed E-state index contributed by atoms with van der Waals surface area (Å²) in [5.41, 5.74) is 1.82. The Bertz CT molecular complexity index is 863. The predicted molar refractivity (Wildman–Crippen MR) is 100 cm³/mol. The van der Waals surface area contributed by atoms with Crippen molar-refractivity contribution in [2.24, 2.45) is 0 Å². The van der Waals surface area contributed by atoms with Crippen LogP contribution in [0.5, 0.6) is 0 Å². The Hall–Kier alpha value is -2.36. The van der Waals surface area contributed by atoms with Gasteiger partial charge in [-0.05, 0) is 41.6 Å². The lowest BCUT2D eigenvalue weighted by atomic mass is 10.1. The molecule has 3 rings (SSSR count). The van der Waals surface area contributed by atoms with Crippen molar-refractivity contribution in [3.05, 3.63) is 77.3 Å². The molecule has 0 atom stereocenters. The van der Waals surface area contributed by atoms with E-state index in [9.17, 15) is 4.79 Å². The summed E-state index contributed by atoms with van der Waals surface area (Å²) in [5.74, 6) is -0.0418. The summed E-state index contributed by atoms with van der Waals surface area (Å²) < 4.78 is 0. The van der Waals surface area contributed by atoms with E-state index in [-0.39, 0.29) is 5.91 Å². The molecule has 0 unspecified atom stereocenters. The third-order valence-corrected chi connectivity index (χ3v) is 4.21. The van der Waals surface area contributed by atoms with Crippen LogP contribution in [0.2, 0.25) is 5.02 Å². The molecule has 3 aromatic carbocycles. The van der Waals surface area contributed by atoms with Crippen LogP contribution in [0.15, 0.2) is 66.7 Å². The Morgan fingerprint density at radius 2 is 1.71 bits per heavy atom. The van der Waals surface area contributed by atoms with Gasteiger partial charge in [-0.3, -0.25) is 9.69 Å². The first-order valence-electron chi connectivity index (χ1n) is 7.82. The second-order valence-electron chi connectivity index (χ2n) is 5.87. The molecule has 4 heteroatoms. The molecule has 3 nitrogen and oxygen atoms in total. The van der Waals surface area contributed by atoms with Crippen LogP contribution in [0.1, 0.15) is 5.56 Å². The lowest BCUT2D eigenvalue weighted by Gasteiger charge is -2.17. The molecule has 0 spiro atoms. The van der Waals surface area contributed by atoms with E-state index in [1.54, 1.807) is 0 Å². The highest BCUT2D eigenvalue weighted by atomic mass is 35.5. The van der Waals surface area contributed by atoms with Crippen LogP contribution < -0.4 is 5.32 Å². The smallest absolute Gasteiger partial charge is 0.238 e. The monoisotopic (exact) mass is 338 g/mol. The molecule has 0 aliphatic rings. The number of anilines is 1. The van der Waals surface area contributed by atoms with Gasteiger partial charge in [-0.25, -0.2) is 0 Å². The fourth-order valence-corrected chi connectivity index (χ4v) is 2.88. The number of likely N-dealkylation sites (N-methyl/N-ethyl adjacent to an activating group) is 1. The molecule has 0 fully saturated rings. The molecule has 122 valence electrons. The normalized spacial score (nSPS) is 11.0. The topological polar surface area (TPSA) is 32.3 Å². The molecule has 0 radical (unpaired) electrons. The molecular weight excluding hydrogens is 320 g/mol. The van der Waals surface area contributed by atoms with Crippen molar-refractivity contribution < 1.29 is 4.79 Å². The maximum absolute atomic E-state index is 12.2. The van der Waals surface area contributed by atoms with Crippen LogP contribution in [0, 0.1) is 0 Å². The molecular formula is C20H19ClN2O. The summed E-state index contributed by atoms with van der Waals surface area (Å²) in [7, 11) is 1.91. The lowest BCUT2D eigenvalue weighted by Crippen LogP contribution is -2.29. The van der Waals surface area contributed by atoms with Crippen LogP contribution >= 0.6 is 11.6 Å². The lowest BCUT2D eigenvalue weighted by molar-refractivity contribution is -0.117. The minimum absolute atomic E-state index is 0.0418. The average molecular weight is 339 g/mol. The Labute approximate surface area is 146 Å². The van der Waals surface area contributed by atoms with Crippen molar-refractivity contribution >= 4 is 34.0 Å². The number of carbonyl (C=O) groups excluding carboxylic acids is 1. The van der Waals surface area contributed by atoms with E-state index in [1.807, 2.05) is 72.6 Å². The maximum atomic E-state index is 12.2. The van der Waals surface area contributed by atoms with Gasteiger partial charge in [-0.1, -0.05) is 60.1 Å². The van der Waals surface area contributed by atoms with Crippen LogP contribution in [-0.4, -0.2) is 24.4 Å². The molecule has 3 aromatic rings. The first kappa shape index (κ1) is 16.5. The number of carbonyl (C=O) groups is 1. The van der Waals surface area contributed by atoms with Gasteiger partial charge in [0, 0.05) is 17.3 Å². The summed E-state index contributed by atoms with van der Waals surface area (Å²) in [6.45, 7) is 0.933. The standard InChI is InChI=1S/C20H19ClN2O/c1-23(13-17-8-4-5-9-19(17)21)14-20(24)22-18-11-10-15-6-2-3-7-16(15)12-18/h2-12H,13-14H2,1H3,(H,22,24). The number of hydrogen-bond donors (Lipinski definition) is 1. The van der Waals surface area contributed by atoms with E-state index in [2.05, 4.69) is 11.4 Å². The molecule has 0 aliphatic carbocycles. The second kappa shape index (κ2) is 7.47. The van der Waals surface area contributed by atoms with Gasteiger partial charge in [-0.2, -0.15) is 0 Å². The molecule has 0 bridgehead atoms. The van der Waals surface area contributed by atoms with E-state index < -0.39 is 0 Å². The SMILES string of the molecule is CN(CC(=O)Nc1ccc2ccccc2c1)Cc1ccccc1Cl. The molecule has 0 aromatic heterocycles. The zero-order chi connectivity index (χ0) is 16.9. The van der Waals surface area contributed by atoms with Crippen LogP contribution in [-0.2, 0) is 11.3 Å². The van der Waals surface area contributed by atoms with Gasteiger partial charge < -0.3 is 5.32 Å². The number of rotatable bonds is 5. The van der Waals surface area contributed by atoms with Crippen molar-refractivity contribution in [2.45, 2.75) is 6.54 Å². The zero-order valence-electron chi connectivity index (χ0n) is 13.5. The van der Waals surface area contributed by atoms with Gasteiger partial charge in [0.2, 0.25) is 5.91 Å². The van der Waals surface area contributed by atoms with E-state index in [1.165, 1.54) is 0 Å². The van der Waals surface area contributed by atoms with Gasteiger partial charge in [0.25, 0.3) is 0 Å². The van der Waals surface area contributed by atoms with Crippen LogP contribution in [0.3, 0.4) is 0 Å². The quantitative estimate of drug-likeness (QED) is 0.739. The second-order valence-corrected chi connectivity index (χ2v) is 6.28. The number of nitrogens with one attached hydrogen (secondary N) is 1. The van der Waals surface area contributed by atoms with Gasteiger partial charge in [0.1, 0.15) is 0 Å². The number of hydrogen-bond acceptors (Lipinski definition) is 2. The van der Waals surface area contributed by atoms with E-state index in [0.717, 1.165) is 27.0 Å². The molecule has 0 saturated heterocycles. The molecule has 1 N–H and O–H groups in total. The number of nitrogens with zero attached hydrogens (tertiary/aromatic N) is 1. The van der Waals surface area contributed by atoms with Gasteiger partial charge >= 0.3 is 0 Å². The summed E-state index contributed by atoms with van der Waals surface area (Å²) in [4.78, 5) is 14.2. The van der Waals surface area contributed by atoms with Gasteiger partial charge in [0.15, 0.2) is 0 Å². The largest absolute Gasteiger partial charge is 0.325 e. The Morgan fingerprint density at radius 3 is 2.50 bits per heavy atom. The molecule has 0 saturated carbocycles. The van der Waals surface area contributed by atoms with Crippen molar-refractivity contribution in [1.29, 1.82) is 0 Å². The maximum Gasteiger partial charge on any atom is 0.238 e. The molecule has 1 amide bonds. The zero-order valence-corrected chi connectivity index (χ0v) is 14.3. The Morgan fingerprint density at radius 1 is 1.00 bits per heavy atom. The Kier molecular flexibility index (Phi) is 5.14. The molecule has 0 aliphatic heterocycles. The van der Waals surface area contributed by atoms with Crippen molar-refractivity contribution in [3.8, 4) is 0 Å². The first-order chi connectivity index (χ1) is 11.6. The fourth-order valence-electron chi connectivity index (χ4n) is 2.69. The summed E-state index contributed by atoms with van der Waals surface area (Å²) in [6, 6.07) is 21.7.